The molecule has 3 aromatic rings. The van der Waals surface area contributed by atoms with E-state index >= 15 is 0 Å². The number of H-pyrrole nitrogens is 1. The minimum absolute atomic E-state index is 0.242. The molecule has 0 aliphatic carbocycles. The molecule has 0 amide bonds. The van der Waals surface area contributed by atoms with E-state index in [1.807, 2.05) is 6.07 Å². The Morgan fingerprint density at radius 3 is 2.76 bits per heavy atom. The van der Waals surface area contributed by atoms with Crippen LogP contribution in [-0.2, 0) is 0 Å². The standard InChI is InChI=1S/C17H11FN2O/c1-10-4-12(7-13(18)5-10)17(21)15-9-20-16-6-11(8-19)2-3-14(15)16/h2-7,9,20H,1H3. The Bertz CT molecular complexity index is 883. The van der Waals surface area contributed by atoms with E-state index in [1.54, 1.807) is 37.4 Å². The van der Waals surface area contributed by atoms with Crippen molar-refractivity contribution >= 4 is 16.7 Å². The lowest BCUT2D eigenvalue weighted by atomic mass is 10.0. The maximum atomic E-state index is 13.4. The fourth-order valence-corrected chi connectivity index (χ4v) is 2.41. The first-order valence-corrected chi connectivity index (χ1v) is 6.41. The number of aryl methyl sites for hydroxylation is 1. The van der Waals surface area contributed by atoms with Gasteiger partial charge >= 0.3 is 0 Å². The van der Waals surface area contributed by atoms with Crippen molar-refractivity contribution in [1.29, 1.82) is 5.26 Å². The molecule has 0 radical (unpaired) electrons. The van der Waals surface area contributed by atoms with Gasteiger partial charge in [0.1, 0.15) is 5.82 Å². The number of benzene rings is 2. The van der Waals surface area contributed by atoms with Crippen molar-refractivity contribution in [2.24, 2.45) is 0 Å². The maximum Gasteiger partial charge on any atom is 0.195 e. The van der Waals surface area contributed by atoms with Crippen molar-refractivity contribution in [2.45, 2.75) is 6.92 Å². The zero-order valence-electron chi connectivity index (χ0n) is 11.3. The Morgan fingerprint density at radius 1 is 1.24 bits per heavy atom. The van der Waals surface area contributed by atoms with Crippen LogP contribution in [0.4, 0.5) is 4.39 Å². The van der Waals surface area contributed by atoms with E-state index in [2.05, 4.69) is 4.98 Å². The molecule has 0 unspecified atom stereocenters. The second-order valence-corrected chi connectivity index (χ2v) is 4.92. The highest BCUT2D eigenvalue weighted by molar-refractivity contribution is 6.16. The van der Waals surface area contributed by atoms with E-state index in [9.17, 15) is 9.18 Å². The van der Waals surface area contributed by atoms with Gasteiger partial charge in [0.15, 0.2) is 5.78 Å². The monoisotopic (exact) mass is 278 g/mol. The van der Waals surface area contributed by atoms with Gasteiger partial charge in [-0.25, -0.2) is 4.39 Å². The van der Waals surface area contributed by atoms with E-state index in [-0.39, 0.29) is 5.78 Å². The van der Waals surface area contributed by atoms with Gasteiger partial charge < -0.3 is 4.98 Å². The number of ketones is 1. The second kappa shape index (κ2) is 4.88. The van der Waals surface area contributed by atoms with Crippen molar-refractivity contribution in [2.75, 3.05) is 0 Å². The van der Waals surface area contributed by atoms with E-state index in [4.69, 9.17) is 5.26 Å². The molecule has 0 spiro atoms. The molecule has 21 heavy (non-hydrogen) atoms. The van der Waals surface area contributed by atoms with Crippen LogP contribution in [0.2, 0.25) is 0 Å². The molecule has 0 bridgehead atoms. The molecule has 3 nitrogen and oxygen atoms in total. The molecule has 4 heteroatoms. The summed E-state index contributed by atoms with van der Waals surface area (Å²) in [5, 5.41) is 9.60. The quantitative estimate of drug-likeness (QED) is 0.726. The molecule has 1 aromatic heterocycles. The Morgan fingerprint density at radius 2 is 2.05 bits per heavy atom. The molecule has 0 aliphatic heterocycles. The number of carbonyl (C=O) groups excluding carboxylic acids is 1. The average Bonchev–Trinajstić information content (AvgIpc) is 2.88. The van der Waals surface area contributed by atoms with Gasteiger partial charge in [-0.15, -0.1) is 0 Å². The first-order chi connectivity index (χ1) is 10.1. The molecule has 3 rings (SSSR count). The topological polar surface area (TPSA) is 56.6 Å². The molecule has 0 fully saturated rings. The molecular weight excluding hydrogens is 267 g/mol. The van der Waals surface area contributed by atoms with Gasteiger partial charge in [0.25, 0.3) is 0 Å². The maximum absolute atomic E-state index is 13.4. The first kappa shape index (κ1) is 13.1. The van der Waals surface area contributed by atoms with Crippen LogP contribution in [-0.4, -0.2) is 10.8 Å². The van der Waals surface area contributed by atoms with Gasteiger partial charge in [0.2, 0.25) is 0 Å². The van der Waals surface area contributed by atoms with Gasteiger partial charge in [0, 0.05) is 28.2 Å². The second-order valence-electron chi connectivity index (χ2n) is 4.92. The van der Waals surface area contributed by atoms with Crippen molar-refractivity contribution in [3.63, 3.8) is 0 Å². The van der Waals surface area contributed by atoms with Crippen LogP contribution in [0, 0.1) is 24.1 Å². The van der Waals surface area contributed by atoms with Gasteiger partial charge in [0.05, 0.1) is 11.6 Å². The highest BCUT2D eigenvalue weighted by Crippen LogP contribution is 2.23. The predicted octanol–water partition coefficient (Wildman–Crippen LogP) is 3.72. The fraction of sp³-hybridized carbons (Fsp3) is 0.0588. The van der Waals surface area contributed by atoms with Crippen LogP contribution < -0.4 is 0 Å². The number of aromatic nitrogens is 1. The summed E-state index contributed by atoms with van der Waals surface area (Å²) in [5.41, 5.74) is 2.72. The van der Waals surface area contributed by atoms with Crippen LogP contribution in [0.3, 0.4) is 0 Å². The van der Waals surface area contributed by atoms with Crippen molar-refractivity contribution < 1.29 is 9.18 Å². The Hall–Kier alpha value is -2.93. The van der Waals surface area contributed by atoms with Gasteiger partial charge in [-0.3, -0.25) is 4.79 Å². The lowest BCUT2D eigenvalue weighted by Gasteiger charge is -2.02. The summed E-state index contributed by atoms with van der Waals surface area (Å²) in [6.07, 6.45) is 1.59. The fourth-order valence-electron chi connectivity index (χ4n) is 2.41. The van der Waals surface area contributed by atoms with E-state index in [0.29, 0.717) is 27.8 Å². The summed E-state index contributed by atoms with van der Waals surface area (Å²) in [5.74, 6) is -0.668. The minimum atomic E-state index is -0.426. The zero-order chi connectivity index (χ0) is 15.0. The number of nitrogens with one attached hydrogen (secondary N) is 1. The lowest BCUT2D eigenvalue weighted by Crippen LogP contribution is -2.01. The Kier molecular flexibility index (Phi) is 3.03. The van der Waals surface area contributed by atoms with E-state index < -0.39 is 5.82 Å². The smallest absolute Gasteiger partial charge is 0.195 e. The van der Waals surface area contributed by atoms with Gasteiger partial charge in [-0.05, 0) is 42.8 Å². The molecule has 1 N–H and O–H groups in total. The summed E-state index contributed by atoms with van der Waals surface area (Å²) < 4.78 is 13.4. The molecule has 0 saturated heterocycles. The summed E-state index contributed by atoms with van der Waals surface area (Å²) in [6, 6.07) is 11.4. The largest absolute Gasteiger partial charge is 0.360 e. The Labute approximate surface area is 120 Å². The summed E-state index contributed by atoms with van der Waals surface area (Å²) >= 11 is 0. The number of aromatic amines is 1. The van der Waals surface area contributed by atoms with Crippen molar-refractivity contribution in [1.82, 2.24) is 4.98 Å². The lowest BCUT2D eigenvalue weighted by molar-refractivity contribution is 0.104. The number of hydrogen-bond acceptors (Lipinski definition) is 2. The molecule has 0 atom stereocenters. The Balaban J connectivity index is 2.12. The number of nitriles is 1. The molecular formula is C17H11FN2O. The third kappa shape index (κ3) is 2.30. The average molecular weight is 278 g/mol. The number of carbonyl (C=O) groups is 1. The van der Waals surface area contributed by atoms with Crippen LogP contribution in [0.15, 0.2) is 42.6 Å². The van der Waals surface area contributed by atoms with Crippen molar-refractivity contribution in [3.05, 3.63) is 70.7 Å². The number of halogens is 1. The molecule has 2 aromatic carbocycles. The minimum Gasteiger partial charge on any atom is -0.360 e. The zero-order valence-corrected chi connectivity index (χ0v) is 11.3. The van der Waals surface area contributed by atoms with E-state index in [0.717, 1.165) is 5.39 Å². The molecule has 0 saturated carbocycles. The van der Waals surface area contributed by atoms with Crippen molar-refractivity contribution in [3.8, 4) is 6.07 Å². The summed E-state index contributed by atoms with van der Waals surface area (Å²) in [6.45, 7) is 1.74. The van der Waals surface area contributed by atoms with Crippen LogP contribution in [0.5, 0.6) is 0 Å². The van der Waals surface area contributed by atoms with Crippen LogP contribution in [0.25, 0.3) is 10.9 Å². The molecule has 1 heterocycles. The SMILES string of the molecule is Cc1cc(F)cc(C(=O)c2c[nH]c3cc(C#N)ccc23)c1. The number of hydrogen-bond donors (Lipinski definition) is 1. The highest BCUT2D eigenvalue weighted by Gasteiger charge is 2.15. The van der Waals surface area contributed by atoms with Gasteiger partial charge in [-0.2, -0.15) is 5.26 Å². The summed E-state index contributed by atoms with van der Waals surface area (Å²) in [7, 11) is 0. The number of fused-ring (bicyclic) bond motifs is 1. The highest BCUT2D eigenvalue weighted by atomic mass is 19.1. The summed E-state index contributed by atoms with van der Waals surface area (Å²) in [4.78, 5) is 15.5. The molecule has 102 valence electrons. The normalized spacial score (nSPS) is 10.5. The van der Waals surface area contributed by atoms with E-state index in [1.165, 1.54) is 12.1 Å². The number of nitrogens with zero attached hydrogens (tertiary/aromatic N) is 1. The first-order valence-electron chi connectivity index (χ1n) is 6.41. The molecule has 0 aliphatic rings. The van der Waals surface area contributed by atoms with Crippen LogP contribution >= 0.6 is 0 Å². The predicted molar refractivity (Wildman–Crippen MR) is 77.6 cm³/mol. The third-order valence-electron chi connectivity index (χ3n) is 3.36. The van der Waals surface area contributed by atoms with Gasteiger partial charge in [-0.1, -0.05) is 6.07 Å². The number of rotatable bonds is 2. The van der Waals surface area contributed by atoms with Crippen LogP contribution in [0.1, 0.15) is 27.0 Å². The third-order valence-corrected chi connectivity index (χ3v) is 3.36.